The van der Waals surface area contributed by atoms with Crippen LogP contribution >= 0.6 is 0 Å². The lowest BCUT2D eigenvalue weighted by Gasteiger charge is -2.11. The summed E-state index contributed by atoms with van der Waals surface area (Å²) in [6.07, 6.45) is 1.98. The van der Waals surface area contributed by atoms with Crippen LogP contribution in [0.1, 0.15) is 19.8 Å². The topological polar surface area (TPSA) is 41.1 Å². The molecule has 0 fully saturated rings. The molecule has 1 atom stereocenters. The molecule has 0 saturated carbocycles. The molecule has 0 bridgehead atoms. The zero-order valence-corrected chi connectivity index (χ0v) is 8.92. The second-order valence-corrected chi connectivity index (χ2v) is 3.90. The van der Waals surface area contributed by atoms with Crippen molar-refractivity contribution in [1.29, 1.82) is 0 Å². The number of hydrogen-bond donors (Lipinski definition) is 2. The molecule has 0 aliphatic carbocycles. The molecule has 0 saturated heterocycles. The van der Waals surface area contributed by atoms with Crippen LogP contribution in [0.25, 0.3) is 0 Å². The number of carbonyl (C=O) groups excluding carboxylic acids is 1. The second-order valence-electron chi connectivity index (χ2n) is 3.90. The summed E-state index contributed by atoms with van der Waals surface area (Å²) in [7, 11) is 0. The Kier molecular flexibility index (Phi) is 2.90. The van der Waals surface area contributed by atoms with Gasteiger partial charge < -0.3 is 10.6 Å². The van der Waals surface area contributed by atoms with Gasteiger partial charge >= 0.3 is 0 Å². The molecular formula is C12H16N2O. The van der Waals surface area contributed by atoms with Crippen molar-refractivity contribution in [3.63, 3.8) is 0 Å². The van der Waals surface area contributed by atoms with Crippen molar-refractivity contribution in [3.05, 3.63) is 24.3 Å². The molecule has 3 heteroatoms. The molecule has 0 radical (unpaired) electrons. The first-order chi connectivity index (χ1) is 7.31. The minimum Gasteiger partial charge on any atom is -0.383 e. The van der Waals surface area contributed by atoms with E-state index in [4.69, 9.17) is 0 Å². The maximum atomic E-state index is 11.8. The van der Waals surface area contributed by atoms with Crippen LogP contribution in [0, 0.1) is 5.92 Å². The standard InChI is InChI=1S/C12H16N2O/c1-2-5-9-8-13-10-6-3-4-7-11(10)14-12(9)15/h3-4,6-7,9,13H,2,5,8H2,1H3,(H,14,15). The van der Waals surface area contributed by atoms with Gasteiger partial charge in [0.15, 0.2) is 0 Å². The Morgan fingerprint density at radius 3 is 2.80 bits per heavy atom. The van der Waals surface area contributed by atoms with Gasteiger partial charge in [-0.3, -0.25) is 4.79 Å². The summed E-state index contributed by atoms with van der Waals surface area (Å²) in [5.74, 6) is 0.219. The van der Waals surface area contributed by atoms with Crippen molar-refractivity contribution < 1.29 is 4.79 Å². The van der Waals surface area contributed by atoms with Gasteiger partial charge in [-0.25, -0.2) is 0 Å². The van der Waals surface area contributed by atoms with Crippen LogP contribution in [0.3, 0.4) is 0 Å². The zero-order valence-electron chi connectivity index (χ0n) is 8.92. The van der Waals surface area contributed by atoms with E-state index in [1.54, 1.807) is 0 Å². The summed E-state index contributed by atoms with van der Waals surface area (Å²) in [6, 6.07) is 7.82. The van der Waals surface area contributed by atoms with Crippen LogP contribution in [0.15, 0.2) is 24.3 Å². The summed E-state index contributed by atoms with van der Waals surface area (Å²) in [4.78, 5) is 11.8. The predicted molar refractivity (Wildman–Crippen MR) is 62.0 cm³/mol. The van der Waals surface area contributed by atoms with Crippen LogP contribution < -0.4 is 10.6 Å². The number of para-hydroxylation sites is 2. The molecule has 2 rings (SSSR count). The van der Waals surface area contributed by atoms with Gasteiger partial charge in [-0.05, 0) is 18.6 Å². The first kappa shape index (κ1) is 10.0. The molecule has 0 spiro atoms. The molecule has 1 aromatic rings. The molecule has 1 amide bonds. The SMILES string of the molecule is CCCC1CNc2ccccc2NC1=O. The van der Waals surface area contributed by atoms with Gasteiger partial charge in [0.2, 0.25) is 5.91 Å². The summed E-state index contributed by atoms with van der Waals surface area (Å²) < 4.78 is 0. The highest BCUT2D eigenvalue weighted by Crippen LogP contribution is 2.25. The number of nitrogens with one attached hydrogen (secondary N) is 2. The van der Waals surface area contributed by atoms with Gasteiger partial charge in [0.25, 0.3) is 0 Å². The second kappa shape index (κ2) is 4.34. The van der Waals surface area contributed by atoms with E-state index in [1.807, 2.05) is 24.3 Å². The number of rotatable bonds is 2. The summed E-state index contributed by atoms with van der Waals surface area (Å²) in [5, 5.41) is 6.26. The molecule has 1 aromatic carbocycles. The van der Waals surface area contributed by atoms with Gasteiger partial charge in [-0.2, -0.15) is 0 Å². The van der Waals surface area contributed by atoms with E-state index in [1.165, 1.54) is 0 Å². The smallest absolute Gasteiger partial charge is 0.229 e. The maximum Gasteiger partial charge on any atom is 0.229 e. The van der Waals surface area contributed by atoms with E-state index in [-0.39, 0.29) is 11.8 Å². The van der Waals surface area contributed by atoms with Crippen LogP contribution in [-0.4, -0.2) is 12.5 Å². The van der Waals surface area contributed by atoms with Gasteiger partial charge in [-0.15, -0.1) is 0 Å². The fourth-order valence-corrected chi connectivity index (χ4v) is 1.89. The Balaban J connectivity index is 2.19. The van der Waals surface area contributed by atoms with E-state index in [9.17, 15) is 4.79 Å². The number of benzene rings is 1. The van der Waals surface area contributed by atoms with Crippen molar-refractivity contribution in [2.24, 2.45) is 5.92 Å². The van der Waals surface area contributed by atoms with Gasteiger partial charge in [0.1, 0.15) is 0 Å². The van der Waals surface area contributed by atoms with E-state index in [2.05, 4.69) is 17.6 Å². The van der Waals surface area contributed by atoms with Gasteiger partial charge in [-0.1, -0.05) is 25.5 Å². The predicted octanol–water partition coefficient (Wildman–Crippen LogP) is 2.47. The maximum absolute atomic E-state index is 11.8. The van der Waals surface area contributed by atoms with Crippen molar-refractivity contribution in [2.45, 2.75) is 19.8 Å². The Hall–Kier alpha value is -1.51. The molecule has 3 nitrogen and oxygen atoms in total. The monoisotopic (exact) mass is 204 g/mol. The summed E-state index contributed by atoms with van der Waals surface area (Å²) >= 11 is 0. The average Bonchev–Trinajstić information content (AvgIpc) is 2.40. The van der Waals surface area contributed by atoms with E-state index >= 15 is 0 Å². The lowest BCUT2D eigenvalue weighted by molar-refractivity contribution is -0.119. The van der Waals surface area contributed by atoms with Crippen LogP contribution in [0.4, 0.5) is 11.4 Å². The molecule has 0 aromatic heterocycles. The molecule has 1 heterocycles. The quantitative estimate of drug-likeness (QED) is 0.777. The van der Waals surface area contributed by atoms with E-state index in [0.29, 0.717) is 0 Å². The first-order valence-electron chi connectivity index (χ1n) is 5.45. The van der Waals surface area contributed by atoms with Crippen molar-refractivity contribution in [1.82, 2.24) is 0 Å². The molecule has 1 aliphatic heterocycles. The number of carbonyl (C=O) groups is 1. The fourth-order valence-electron chi connectivity index (χ4n) is 1.89. The Labute approximate surface area is 89.9 Å². The van der Waals surface area contributed by atoms with Gasteiger partial charge in [0.05, 0.1) is 17.3 Å². The molecule has 1 unspecified atom stereocenters. The third kappa shape index (κ3) is 2.12. The van der Waals surface area contributed by atoms with Crippen molar-refractivity contribution in [2.75, 3.05) is 17.2 Å². The molecule has 15 heavy (non-hydrogen) atoms. The third-order valence-electron chi connectivity index (χ3n) is 2.73. The van der Waals surface area contributed by atoms with E-state index < -0.39 is 0 Å². The highest BCUT2D eigenvalue weighted by molar-refractivity contribution is 5.97. The van der Waals surface area contributed by atoms with E-state index in [0.717, 1.165) is 30.8 Å². The van der Waals surface area contributed by atoms with Crippen LogP contribution in [0.2, 0.25) is 0 Å². The molecule has 80 valence electrons. The number of fused-ring (bicyclic) bond motifs is 1. The zero-order chi connectivity index (χ0) is 10.7. The first-order valence-corrected chi connectivity index (χ1v) is 5.45. The number of anilines is 2. The Bertz CT molecular complexity index is 362. The highest BCUT2D eigenvalue weighted by Gasteiger charge is 2.21. The highest BCUT2D eigenvalue weighted by atomic mass is 16.1. The van der Waals surface area contributed by atoms with Crippen LogP contribution in [0.5, 0.6) is 0 Å². The molecular weight excluding hydrogens is 188 g/mol. The molecule has 1 aliphatic rings. The van der Waals surface area contributed by atoms with Gasteiger partial charge in [0, 0.05) is 6.54 Å². The van der Waals surface area contributed by atoms with Crippen molar-refractivity contribution >= 4 is 17.3 Å². The lowest BCUT2D eigenvalue weighted by atomic mass is 10.0. The largest absolute Gasteiger partial charge is 0.383 e. The number of amides is 1. The lowest BCUT2D eigenvalue weighted by Crippen LogP contribution is -2.25. The minimum atomic E-state index is 0.0856. The minimum absolute atomic E-state index is 0.0856. The fraction of sp³-hybridized carbons (Fsp3) is 0.417. The normalized spacial score (nSPS) is 19.8. The van der Waals surface area contributed by atoms with Crippen LogP contribution in [-0.2, 0) is 4.79 Å². The summed E-state index contributed by atoms with van der Waals surface area (Å²) in [6.45, 7) is 2.84. The average molecular weight is 204 g/mol. The third-order valence-corrected chi connectivity index (χ3v) is 2.73. The molecule has 2 N–H and O–H groups in total. The number of hydrogen-bond acceptors (Lipinski definition) is 2. The Morgan fingerprint density at radius 2 is 2.07 bits per heavy atom. The van der Waals surface area contributed by atoms with Crippen molar-refractivity contribution in [3.8, 4) is 0 Å². The summed E-state index contributed by atoms with van der Waals surface area (Å²) in [5.41, 5.74) is 1.91. The Morgan fingerprint density at radius 1 is 1.33 bits per heavy atom.